The number of hydrogen-bond donors (Lipinski definition) is 1. The van der Waals surface area contributed by atoms with Crippen LogP contribution in [0.3, 0.4) is 0 Å². The van der Waals surface area contributed by atoms with Crippen molar-refractivity contribution < 1.29 is 4.74 Å². The van der Waals surface area contributed by atoms with Crippen molar-refractivity contribution in [3.8, 4) is 11.8 Å². The van der Waals surface area contributed by atoms with Gasteiger partial charge in [-0.05, 0) is 42.0 Å². The molecule has 2 aromatic carbocycles. The van der Waals surface area contributed by atoms with Crippen LogP contribution in [0.5, 0.6) is 0 Å². The van der Waals surface area contributed by atoms with E-state index in [2.05, 4.69) is 46.3 Å². The smallest absolute Gasteiger partial charge is 0.0594 e. The predicted molar refractivity (Wildman–Crippen MR) is 94.5 cm³/mol. The van der Waals surface area contributed by atoms with Crippen LogP contribution in [0.25, 0.3) is 0 Å². The van der Waals surface area contributed by atoms with E-state index in [4.69, 9.17) is 4.74 Å². The van der Waals surface area contributed by atoms with E-state index in [-0.39, 0.29) is 0 Å². The molecule has 1 N–H and O–H groups in total. The molecule has 1 heterocycles. The Morgan fingerprint density at radius 1 is 0.913 bits per heavy atom. The van der Waals surface area contributed by atoms with Crippen LogP contribution in [0.1, 0.15) is 16.7 Å². The standard InChI is InChI=1S/C20H22N2O/c1-21-20-10-8-18(9-11-20)3-2-17-4-6-19(7-5-17)16-22-12-14-23-15-13-22/h4-11,21H,12-16H2,1H3. The quantitative estimate of drug-likeness (QED) is 0.882. The SMILES string of the molecule is CNc1ccc(C#Cc2ccc(CN3CCOCC3)cc2)cc1. The molecule has 0 spiro atoms. The lowest BCUT2D eigenvalue weighted by atomic mass is 10.1. The van der Waals surface area contributed by atoms with Gasteiger partial charge in [-0.2, -0.15) is 0 Å². The molecule has 3 heteroatoms. The number of ether oxygens (including phenoxy) is 1. The van der Waals surface area contributed by atoms with Crippen LogP contribution in [0.15, 0.2) is 48.5 Å². The van der Waals surface area contributed by atoms with Crippen LogP contribution >= 0.6 is 0 Å². The first-order valence-electron chi connectivity index (χ1n) is 8.02. The van der Waals surface area contributed by atoms with Crippen molar-refractivity contribution in [2.75, 3.05) is 38.7 Å². The maximum Gasteiger partial charge on any atom is 0.0594 e. The zero-order valence-corrected chi connectivity index (χ0v) is 13.5. The summed E-state index contributed by atoms with van der Waals surface area (Å²) in [5.41, 5.74) is 4.51. The van der Waals surface area contributed by atoms with Gasteiger partial charge >= 0.3 is 0 Å². The van der Waals surface area contributed by atoms with Gasteiger partial charge < -0.3 is 10.1 Å². The molecule has 3 rings (SSSR count). The molecule has 0 bridgehead atoms. The predicted octanol–water partition coefficient (Wildman–Crippen LogP) is 2.96. The van der Waals surface area contributed by atoms with E-state index in [1.54, 1.807) is 0 Å². The minimum Gasteiger partial charge on any atom is -0.388 e. The molecule has 1 fully saturated rings. The molecule has 23 heavy (non-hydrogen) atoms. The van der Waals surface area contributed by atoms with E-state index >= 15 is 0 Å². The summed E-state index contributed by atoms with van der Waals surface area (Å²) in [6.07, 6.45) is 0. The van der Waals surface area contributed by atoms with Crippen LogP contribution in [-0.2, 0) is 11.3 Å². The molecule has 2 aromatic rings. The summed E-state index contributed by atoms with van der Waals surface area (Å²) >= 11 is 0. The number of nitrogens with zero attached hydrogens (tertiary/aromatic N) is 1. The van der Waals surface area contributed by atoms with E-state index in [1.807, 2.05) is 31.3 Å². The third kappa shape index (κ3) is 4.59. The Hall–Kier alpha value is -2.28. The highest BCUT2D eigenvalue weighted by Crippen LogP contribution is 2.10. The maximum absolute atomic E-state index is 5.38. The average molecular weight is 306 g/mol. The van der Waals surface area contributed by atoms with Crippen molar-refractivity contribution in [2.24, 2.45) is 0 Å². The summed E-state index contributed by atoms with van der Waals surface area (Å²) in [6, 6.07) is 16.7. The molecule has 0 atom stereocenters. The van der Waals surface area contributed by atoms with Gasteiger partial charge in [0.2, 0.25) is 0 Å². The first-order valence-corrected chi connectivity index (χ1v) is 8.02. The number of anilines is 1. The highest BCUT2D eigenvalue weighted by Gasteiger charge is 2.10. The molecule has 0 aromatic heterocycles. The summed E-state index contributed by atoms with van der Waals surface area (Å²) < 4.78 is 5.38. The largest absolute Gasteiger partial charge is 0.388 e. The third-order valence-electron chi connectivity index (χ3n) is 3.99. The molecule has 1 aliphatic rings. The second kappa shape index (κ2) is 7.82. The zero-order valence-electron chi connectivity index (χ0n) is 13.5. The lowest BCUT2D eigenvalue weighted by molar-refractivity contribution is 0.0342. The van der Waals surface area contributed by atoms with Crippen LogP contribution in [0, 0.1) is 11.8 Å². The third-order valence-corrected chi connectivity index (χ3v) is 3.99. The molecule has 1 saturated heterocycles. The lowest BCUT2D eigenvalue weighted by Crippen LogP contribution is -2.35. The summed E-state index contributed by atoms with van der Waals surface area (Å²) in [6.45, 7) is 4.71. The van der Waals surface area contributed by atoms with Crippen molar-refractivity contribution >= 4 is 5.69 Å². The molecule has 118 valence electrons. The fourth-order valence-corrected chi connectivity index (χ4v) is 2.58. The molecular weight excluding hydrogens is 284 g/mol. The molecule has 1 aliphatic heterocycles. The average Bonchev–Trinajstić information content (AvgIpc) is 2.62. The van der Waals surface area contributed by atoms with Crippen molar-refractivity contribution in [3.05, 3.63) is 65.2 Å². The molecule has 0 amide bonds. The molecule has 0 saturated carbocycles. The Kier molecular flexibility index (Phi) is 5.31. The lowest BCUT2D eigenvalue weighted by Gasteiger charge is -2.26. The Morgan fingerprint density at radius 3 is 2.04 bits per heavy atom. The van der Waals surface area contributed by atoms with Crippen molar-refractivity contribution in [1.29, 1.82) is 0 Å². The first kappa shape index (κ1) is 15.6. The molecule has 3 nitrogen and oxygen atoms in total. The normalized spacial score (nSPS) is 14.8. The summed E-state index contributed by atoms with van der Waals surface area (Å²) in [5, 5.41) is 3.11. The van der Waals surface area contributed by atoms with Gasteiger partial charge in [0.05, 0.1) is 13.2 Å². The summed E-state index contributed by atoms with van der Waals surface area (Å²) in [7, 11) is 1.92. The van der Waals surface area contributed by atoms with E-state index in [1.165, 1.54) is 5.56 Å². The highest BCUT2D eigenvalue weighted by molar-refractivity contribution is 5.49. The van der Waals surface area contributed by atoms with Gasteiger partial charge in [-0.1, -0.05) is 24.0 Å². The minimum atomic E-state index is 0.843. The van der Waals surface area contributed by atoms with E-state index < -0.39 is 0 Å². The Morgan fingerprint density at radius 2 is 1.48 bits per heavy atom. The van der Waals surface area contributed by atoms with Gasteiger partial charge in [0.25, 0.3) is 0 Å². The van der Waals surface area contributed by atoms with Gasteiger partial charge in [0.1, 0.15) is 0 Å². The monoisotopic (exact) mass is 306 g/mol. The van der Waals surface area contributed by atoms with Crippen molar-refractivity contribution in [1.82, 2.24) is 4.90 Å². The van der Waals surface area contributed by atoms with Crippen LogP contribution in [0.4, 0.5) is 5.69 Å². The Bertz CT molecular complexity index is 674. The Balaban J connectivity index is 1.61. The van der Waals surface area contributed by atoms with Crippen molar-refractivity contribution in [2.45, 2.75) is 6.54 Å². The number of nitrogens with one attached hydrogen (secondary N) is 1. The molecule has 0 radical (unpaired) electrons. The van der Waals surface area contributed by atoms with Crippen molar-refractivity contribution in [3.63, 3.8) is 0 Å². The summed E-state index contributed by atoms with van der Waals surface area (Å²) in [5.74, 6) is 6.43. The zero-order chi connectivity index (χ0) is 15.9. The molecule has 0 aliphatic carbocycles. The first-order chi connectivity index (χ1) is 11.3. The number of rotatable bonds is 3. The summed E-state index contributed by atoms with van der Waals surface area (Å²) in [4.78, 5) is 2.42. The van der Waals surface area contributed by atoms with Gasteiger partial charge in [0, 0.05) is 43.5 Å². The van der Waals surface area contributed by atoms with Gasteiger partial charge in [-0.15, -0.1) is 0 Å². The fraction of sp³-hybridized carbons (Fsp3) is 0.300. The molecule has 0 unspecified atom stereocenters. The minimum absolute atomic E-state index is 0.843. The van der Waals surface area contributed by atoms with Gasteiger partial charge in [-0.25, -0.2) is 0 Å². The number of morpholine rings is 1. The van der Waals surface area contributed by atoms with Gasteiger partial charge in [-0.3, -0.25) is 4.90 Å². The van der Waals surface area contributed by atoms with E-state index in [0.29, 0.717) is 0 Å². The maximum atomic E-state index is 5.38. The topological polar surface area (TPSA) is 24.5 Å². The number of hydrogen-bond acceptors (Lipinski definition) is 3. The van der Waals surface area contributed by atoms with Crippen LogP contribution < -0.4 is 5.32 Å². The Labute approximate surface area is 138 Å². The fourth-order valence-electron chi connectivity index (χ4n) is 2.58. The van der Waals surface area contributed by atoms with E-state index in [0.717, 1.165) is 49.7 Å². The van der Waals surface area contributed by atoms with Crippen LogP contribution in [-0.4, -0.2) is 38.3 Å². The van der Waals surface area contributed by atoms with Crippen LogP contribution in [0.2, 0.25) is 0 Å². The van der Waals surface area contributed by atoms with E-state index in [9.17, 15) is 0 Å². The highest BCUT2D eigenvalue weighted by atomic mass is 16.5. The van der Waals surface area contributed by atoms with Gasteiger partial charge in [0.15, 0.2) is 0 Å². The second-order valence-electron chi connectivity index (χ2n) is 5.66. The molecular formula is C20H22N2O. The number of benzene rings is 2. The second-order valence-corrected chi connectivity index (χ2v) is 5.66.